The van der Waals surface area contributed by atoms with Gasteiger partial charge in [0.25, 0.3) is 0 Å². The van der Waals surface area contributed by atoms with Gasteiger partial charge >= 0.3 is 0 Å². The number of hydrogen-bond acceptors (Lipinski definition) is 2. The Balaban J connectivity index is 1.92. The lowest BCUT2D eigenvalue weighted by molar-refractivity contribution is 0.232. The molecule has 2 rings (SSSR count). The van der Waals surface area contributed by atoms with Crippen molar-refractivity contribution in [2.75, 3.05) is 6.61 Å². The van der Waals surface area contributed by atoms with Crippen LogP contribution >= 0.6 is 15.9 Å². The van der Waals surface area contributed by atoms with Crippen LogP contribution in [0.25, 0.3) is 0 Å². The van der Waals surface area contributed by atoms with Gasteiger partial charge in [-0.3, -0.25) is 0 Å². The Kier molecular flexibility index (Phi) is 5.51. The molecule has 2 N–H and O–H groups in total. The van der Waals surface area contributed by atoms with Crippen LogP contribution < -0.4 is 10.5 Å². The molecular formula is C15H22BrNO. The van der Waals surface area contributed by atoms with E-state index >= 15 is 0 Å². The van der Waals surface area contributed by atoms with Crippen LogP contribution in [0.4, 0.5) is 0 Å². The maximum atomic E-state index is 5.98. The first-order chi connectivity index (χ1) is 8.79. The predicted molar refractivity (Wildman–Crippen MR) is 78.7 cm³/mol. The molecule has 3 heteroatoms. The molecule has 1 fully saturated rings. The highest BCUT2D eigenvalue weighted by atomic mass is 79.9. The summed E-state index contributed by atoms with van der Waals surface area (Å²) in [5, 5.41) is 0. The Bertz CT molecular complexity index is 373. The van der Waals surface area contributed by atoms with Crippen molar-refractivity contribution in [3.63, 3.8) is 0 Å². The zero-order valence-electron chi connectivity index (χ0n) is 10.8. The van der Waals surface area contributed by atoms with E-state index < -0.39 is 0 Å². The van der Waals surface area contributed by atoms with E-state index in [-0.39, 0.29) is 0 Å². The van der Waals surface area contributed by atoms with Gasteiger partial charge in [-0.25, -0.2) is 0 Å². The molecule has 18 heavy (non-hydrogen) atoms. The molecule has 0 aromatic heterocycles. The number of ether oxygens (including phenoxy) is 1. The van der Waals surface area contributed by atoms with E-state index in [9.17, 15) is 0 Å². The van der Waals surface area contributed by atoms with Crippen LogP contribution in [0.1, 0.15) is 44.1 Å². The molecular weight excluding hydrogens is 290 g/mol. The van der Waals surface area contributed by atoms with Gasteiger partial charge in [-0.1, -0.05) is 41.6 Å². The predicted octanol–water partition coefficient (Wildman–Crippen LogP) is 4.26. The number of benzene rings is 1. The molecule has 2 nitrogen and oxygen atoms in total. The minimum atomic E-state index is 0.527. The van der Waals surface area contributed by atoms with E-state index in [4.69, 9.17) is 10.5 Å². The first kappa shape index (κ1) is 13.9. The summed E-state index contributed by atoms with van der Waals surface area (Å²) in [6.07, 6.45) is 8.13. The van der Waals surface area contributed by atoms with Crippen molar-refractivity contribution in [3.05, 3.63) is 28.2 Å². The summed E-state index contributed by atoms with van der Waals surface area (Å²) in [4.78, 5) is 0. The second kappa shape index (κ2) is 7.15. The Morgan fingerprint density at radius 3 is 2.56 bits per heavy atom. The van der Waals surface area contributed by atoms with Gasteiger partial charge in [0.2, 0.25) is 0 Å². The van der Waals surface area contributed by atoms with Gasteiger partial charge in [0.05, 0.1) is 6.61 Å². The van der Waals surface area contributed by atoms with Crippen LogP contribution in [0.5, 0.6) is 5.75 Å². The van der Waals surface area contributed by atoms with Gasteiger partial charge in [-0.2, -0.15) is 0 Å². The molecule has 0 aliphatic heterocycles. The number of nitrogens with two attached hydrogens (primary N) is 1. The molecule has 100 valence electrons. The Labute approximate surface area is 118 Å². The monoisotopic (exact) mass is 311 g/mol. The van der Waals surface area contributed by atoms with Crippen LogP contribution in [-0.2, 0) is 6.54 Å². The smallest absolute Gasteiger partial charge is 0.123 e. The summed E-state index contributed by atoms with van der Waals surface area (Å²) in [6, 6.07) is 6.08. The molecule has 0 spiro atoms. The summed E-state index contributed by atoms with van der Waals surface area (Å²) >= 11 is 3.46. The molecule has 1 saturated carbocycles. The molecule has 0 heterocycles. The maximum Gasteiger partial charge on any atom is 0.123 e. The lowest BCUT2D eigenvalue weighted by Gasteiger charge is -2.17. The molecule has 1 aromatic carbocycles. The Morgan fingerprint density at radius 1 is 1.17 bits per heavy atom. The largest absolute Gasteiger partial charge is 0.493 e. The first-order valence-electron chi connectivity index (χ1n) is 6.91. The maximum absolute atomic E-state index is 5.98. The van der Waals surface area contributed by atoms with E-state index in [0.29, 0.717) is 6.54 Å². The van der Waals surface area contributed by atoms with Crippen LogP contribution in [0, 0.1) is 5.92 Å². The zero-order valence-corrected chi connectivity index (χ0v) is 12.4. The minimum Gasteiger partial charge on any atom is -0.493 e. The van der Waals surface area contributed by atoms with Gasteiger partial charge in [0, 0.05) is 16.6 Å². The first-order valence-corrected chi connectivity index (χ1v) is 7.70. The van der Waals surface area contributed by atoms with Crippen LogP contribution in [-0.4, -0.2) is 6.61 Å². The fraction of sp³-hybridized carbons (Fsp3) is 0.600. The minimum absolute atomic E-state index is 0.527. The normalized spacial score (nSPS) is 17.4. The van der Waals surface area contributed by atoms with Gasteiger partial charge < -0.3 is 10.5 Å². The highest BCUT2D eigenvalue weighted by molar-refractivity contribution is 9.10. The standard InChI is InChI=1S/C15H22BrNO/c16-14-7-8-15(13(9-14)10-17)18-11-12-5-3-1-2-4-6-12/h7-9,12H,1-6,10-11,17H2. The summed E-state index contributed by atoms with van der Waals surface area (Å²) in [6.45, 7) is 1.37. The van der Waals surface area contributed by atoms with E-state index in [1.165, 1.54) is 38.5 Å². The molecule has 0 unspecified atom stereocenters. The summed E-state index contributed by atoms with van der Waals surface area (Å²) in [5.41, 5.74) is 6.83. The average Bonchev–Trinajstić information content (AvgIpc) is 2.65. The molecule has 1 aliphatic rings. The third-order valence-corrected chi connectivity index (χ3v) is 4.18. The van der Waals surface area contributed by atoms with Gasteiger partial charge in [-0.15, -0.1) is 0 Å². The highest BCUT2D eigenvalue weighted by Crippen LogP contribution is 2.26. The van der Waals surface area contributed by atoms with E-state index in [2.05, 4.69) is 15.9 Å². The van der Waals surface area contributed by atoms with Crippen LogP contribution in [0.3, 0.4) is 0 Å². The second-order valence-electron chi connectivity index (χ2n) is 5.12. The molecule has 1 aliphatic carbocycles. The zero-order chi connectivity index (χ0) is 12.8. The Morgan fingerprint density at radius 2 is 1.89 bits per heavy atom. The molecule has 0 amide bonds. The quantitative estimate of drug-likeness (QED) is 0.843. The van der Waals surface area contributed by atoms with Crippen molar-refractivity contribution >= 4 is 15.9 Å². The highest BCUT2D eigenvalue weighted by Gasteiger charge is 2.13. The van der Waals surface area contributed by atoms with Crippen LogP contribution in [0.15, 0.2) is 22.7 Å². The molecule has 0 bridgehead atoms. The second-order valence-corrected chi connectivity index (χ2v) is 6.04. The van der Waals surface area contributed by atoms with Gasteiger partial charge in [0.15, 0.2) is 0 Å². The SMILES string of the molecule is NCc1cc(Br)ccc1OCC1CCCCCC1. The summed E-state index contributed by atoms with van der Waals surface area (Å²) in [7, 11) is 0. The molecule has 0 saturated heterocycles. The van der Waals surface area contributed by atoms with Crippen molar-refractivity contribution in [3.8, 4) is 5.75 Å². The van der Waals surface area contributed by atoms with Crippen molar-refractivity contribution in [1.29, 1.82) is 0 Å². The number of rotatable bonds is 4. The molecule has 0 atom stereocenters. The topological polar surface area (TPSA) is 35.2 Å². The van der Waals surface area contributed by atoms with E-state index in [0.717, 1.165) is 28.3 Å². The molecule has 0 radical (unpaired) electrons. The third-order valence-electron chi connectivity index (χ3n) is 3.69. The fourth-order valence-corrected chi connectivity index (χ4v) is 3.00. The van der Waals surface area contributed by atoms with E-state index in [1.807, 2.05) is 18.2 Å². The van der Waals surface area contributed by atoms with Crippen LogP contribution in [0.2, 0.25) is 0 Å². The fourth-order valence-electron chi connectivity index (χ4n) is 2.59. The Hall–Kier alpha value is -0.540. The van der Waals surface area contributed by atoms with Crippen molar-refractivity contribution in [2.45, 2.75) is 45.1 Å². The van der Waals surface area contributed by atoms with E-state index in [1.54, 1.807) is 0 Å². The summed E-state index contributed by atoms with van der Waals surface area (Å²) in [5.74, 6) is 1.67. The van der Waals surface area contributed by atoms with Gasteiger partial charge in [0.1, 0.15) is 5.75 Å². The van der Waals surface area contributed by atoms with Crippen molar-refractivity contribution < 1.29 is 4.74 Å². The molecule has 1 aromatic rings. The van der Waals surface area contributed by atoms with Crippen molar-refractivity contribution in [1.82, 2.24) is 0 Å². The lowest BCUT2D eigenvalue weighted by Crippen LogP contribution is -2.12. The third kappa shape index (κ3) is 3.99. The lowest BCUT2D eigenvalue weighted by atomic mass is 10.0. The number of halogens is 1. The van der Waals surface area contributed by atoms with Crippen molar-refractivity contribution in [2.24, 2.45) is 11.7 Å². The summed E-state index contributed by atoms with van der Waals surface area (Å²) < 4.78 is 7.04. The van der Waals surface area contributed by atoms with Gasteiger partial charge in [-0.05, 0) is 37.0 Å². The number of hydrogen-bond donors (Lipinski definition) is 1. The average molecular weight is 312 g/mol.